The molecule has 3 aromatic rings. The molecule has 1 aliphatic rings. The third-order valence-electron chi connectivity index (χ3n) is 5.79. The van der Waals surface area contributed by atoms with Crippen molar-refractivity contribution in [3.05, 3.63) is 127 Å². The quantitative estimate of drug-likeness (QED) is 0.293. The van der Waals surface area contributed by atoms with Crippen LogP contribution in [-0.2, 0) is 10.8 Å². The van der Waals surface area contributed by atoms with Crippen molar-refractivity contribution in [1.82, 2.24) is 0 Å². The summed E-state index contributed by atoms with van der Waals surface area (Å²) in [5.74, 6) is -0.231. The first-order chi connectivity index (χ1) is 13.8. The minimum atomic E-state index is -0.707. The van der Waals surface area contributed by atoms with Gasteiger partial charge in [-0.2, -0.15) is 0 Å². The molecule has 0 saturated carbocycles. The Morgan fingerprint density at radius 2 is 1.00 bits per heavy atom. The van der Waals surface area contributed by atoms with Crippen molar-refractivity contribution >= 4 is 47.8 Å². The van der Waals surface area contributed by atoms with Crippen LogP contribution >= 0.6 is 47.8 Å². The largest absolute Gasteiger partial charge is 0.207 e. The van der Waals surface area contributed by atoms with Crippen LogP contribution in [0.1, 0.15) is 23.6 Å². The molecule has 0 heterocycles. The standard InChI is InChI=1S/C25H18Br3F/c1-24(17-2-8-20(26)9-3-17)15-14-23(29)16-25(24,18-4-10-21(27)11-5-18)19-6-12-22(28)13-7-19/h2-16H,1H3. The molecule has 0 saturated heterocycles. The van der Waals surface area contributed by atoms with Gasteiger partial charge in [-0.15, -0.1) is 0 Å². The summed E-state index contributed by atoms with van der Waals surface area (Å²) in [6.07, 6.45) is 5.34. The van der Waals surface area contributed by atoms with Gasteiger partial charge < -0.3 is 0 Å². The molecule has 0 amide bonds. The maximum Gasteiger partial charge on any atom is 0.120 e. The molecule has 4 heteroatoms. The fraction of sp³-hybridized carbons (Fsp3) is 0.120. The predicted octanol–water partition coefficient (Wildman–Crippen LogP) is 8.64. The van der Waals surface area contributed by atoms with Crippen molar-refractivity contribution in [2.45, 2.75) is 17.8 Å². The molecular weight excluding hydrogens is 559 g/mol. The van der Waals surface area contributed by atoms with E-state index in [9.17, 15) is 4.39 Å². The topological polar surface area (TPSA) is 0 Å². The highest BCUT2D eigenvalue weighted by molar-refractivity contribution is 9.11. The average Bonchev–Trinajstić information content (AvgIpc) is 2.71. The van der Waals surface area contributed by atoms with Crippen LogP contribution in [0.3, 0.4) is 0 Å². The van der Waals surface area contributed by atoms with Crippen molar-refractivity contribution in [3.63, 3.8) is 0 Å². The van der Waals surface area contributed by atoms with E-state index in [4.69, 9.17) is 0 Å². The highest BCUT2D eigenvalue weighted by Gasteiger charge is 2.50. The summed E-state index contributed by atoms with van der Waals surface area (Å²) in [5, 5.41) is 0. The van der Waals surface area contributed by atoms with E-state index in [2.05, 4.69) is 91.1 Å². The lowest BCUT2D eigenvalue weighted by Crippen LogP contribution is -2.47. The monoisotopic (exact) mass is 574 g/mol. The molecular formula is C25H18Br3F. The lowest BCUT2D eigenvalue weighted by Gasteiger charge is -2.48. The predicted molar refractivity (Wildman–Crippen MR) is 129 cm³/mol. The van der Waals surface area contributed by atoms with Crippen LogP contribution in [0.15, 0.2) is 110 Å². The smallest absolute Gasteiger partial charge is 0.120 e. The average molecular weight is 577 g/mol. The van der Waals surface area contributed by atoms with Crippen molar-refractivity contribution in [2.24, 2.45) is 0 Å². The number of rotatable bonds is 3. The van der Waals surface area contributed by atoms with Crippen molar-refractivity contribution < 1.29 is 4.39 Å². The third-order valence-corrected chi connectivity index (χ3v) is 7.38. The lowest BCUT2D eigenvalue weighted by atomic mass is 9.53. The van der Waals surface area contributed by atoms with Gasteiger partial charge in [0.1, 0.15) is 5.83 Å². The number of halogens is 4. The summed E-state index contributed by atoms with van der Waals surface area (Å²) in [6.45, 7) is 2.18. The van der Waals surface area contributed by atoms with E-state index in [1.165, 1.54) is 0 Å². The first kappa shape index (κ1) is 20.8. The summed E-state index contributed by atoms with van der Waals surface area (Å²) in [6, 6.07) is 24.7. The molecule has 0 nitrogen and oxygen atoms in total. The van der Waals surface area contributed by atoms with E-state index in [1.807, 2.05) is 42.5 Å². The maximum absolute atomic E-state index is 14.9. The summed E-state index contributed by atoms with van der Waals surface area (Å²) in [4.78, 5) is 0. The normalized spacial score (nSPS) is 20.4. The highest BCUT2D eigenvalue weighted by atomic mass is 79.9. The first-order valence-electron chi connectivity index (χ1n) is 9.21. The number of hydrogen-bond acceptors (Lipinski definition) is 0. The van der Waals surface area contributed by atoms with E-state index >= 15 is 0 Å². The molecule has 4 rings (SSSR count). The van der Waals surface area contributed by atoms with Crippen molar-refractivity contribution in [2.75, 3.05) is 0 Å². The van der Waals surface area contributed by atoms with Crippen LogP contribution in [0.5, 0.6) is 0 Å². The number of hydrogen-bond donors (Lipinski definition) is 0. The Morgan fingerprint density at radius 1 is 0.621 bits per heavy atom. The minimum Gasteiger partial charge on any atom is -0.207 e. The molecule has 1 unspecified atom stereocenters. The van der Waals surface area contributed by atoms with Gasteiger partial charge in [0.15, 0.2) is 0 Å². The molecule has 0 N–H and O–H groups in total. The fourth-order valence-corrected chi connectivity index (χ4v) is 5.05. The van der Waals surface area contributed by atoms with Gasteiger partial charge in [0.25, 0.3) is 0 Å². The molecule has 0 radical (unpaired) electrons. The van der Waals surface area contributed by atoms with E-state index in [1.54, 1.807) is 12.2 Å². The van der Waals surface area contributed by atoms with Crippen LogP contribution in [0, 0.1) is 0 Å². The van der Waals surface area contributed by atoms with Crippen LogP contribution < -0.4 is 0 Å². The maximum atomic E-state index is 14.9. The molecule has 0 bridgehead atoms. The molecule has 0 fully saturated rings. The fourth-order valence-electron chi connectivity index (χ4n) is 4.26. The highest BCUT2D eigenvalue weighted by Crippen LogP contribution is 2.54. The van der Waals surface area contributed by atoms with Crippen LogP contribution in [0.4, 0.5) is 4.39 Å². The van der Waals surface area contributed by atoms with Gasteiger partial charge >= 0.3 is 0 Å². The zero-order valence-electron chi connectivity index (χ0n) is 15.7. The molecule has 0 aliphatic heterocycles. The SMILES string of the molecule is CC1(c2ccc(Br)cc2)C=CC(F)=CC1(c1ccc(Br)cc1)c1ccc(Br)cc1. The molecule has 3 aromatic carbocycles. The van der Waals surface area contributed by atoms with Gasteiger partial charge in [0, 0.05) is 18.8 Å². The van der Waals surface area contributed by atoms with Crippen LogP contribution in [0.2, 0.25) is 0 Å². The Morgan fingerprint density at radius 3 is 1.41 bits per heavy atom. The molecule has 146 valence electrons. The van der Waals surface area contributed by atoms with Gasteiger partial charge in [-0.3, -0.25) is 0 Å². The minimum absolute atomic E-state index is 0.231. The van der Waals surface area contributed by atoms with Gasteiger partial charge in [-0.25, -0.2) is 4.39 Å². The van der Waals surface area contributed by atoms with Gasteiger partial charge in [0.05, 0.1) is 5.41 Å². The Balaban J connectivity index is 2.07. The van der Waals surface area contributed by atoms with E-state index < -0.39 is 10.8 Å². The summed E-state index contributed by atoms with van der Waals surface area (Å²) < 4.78 is 17.9. The zero-order valence-corrected chi connectivity index (χ0v) is 20.4. The molecule has 1 atom stereocenters. The summed E-state index contributed by atoms with van der Waals surface area (Å²) in [5.41, 5.74) is 1.99. The molecule has 0 spiro atoms. The van der Waals surface area contributed by atoms with Crippen molar-refractivity contribution in [1.29, 1.82) is 0 Å². The van der Waals surface area contributed by atoms with Gasteiger partial charge in [-0.05, 0) is 65.2 Å². The molecule has 29 heavy (non-hydrogen) atoms. The molecule has 0 aromatic heterocycles. The summed E-state index contributed by atoms with van der Waals surface area (Å²) in [7, 11) is 0. The zero-order chi connectivity index (χ0) is 20.6. The van der Waals surface area contributed by atoms with Gasteiger partial charge in [-0.1, -0.05) is 97.2 Å². The van der Waals surface area contributed by atoms with Gasteiger partial charge in [0.2, 0.25) is 0 Å². The Labute approximate surface area is 195 Å². The molecule has 1 aliphatic carbocycles. The first-order valence-corrected chi connectivity index (χ1v) is 11.6. The van der Waals surface area contributed by atoms with E-state index in [-0.39, 0.29) is 5.83 Å². The Hall–Kier alpha value is -1.49. The van der Waals surface area contributed by atoms with E-state index in [0.717, 1.165) is 30.1 Å². The Bertz CT molecular complexity index is 1030. The van der Waals surface area contributed by atoms with Crippen molar-refractivity contribution in [3.8, 4) is 0 Å². The number of allylic oxidation sites excluding steroid dienone is 4. The van der Waals surface area contributed by atoms with Crippen LogP contribution in [0.25, 0.3) is 0 Å². The van der Waals surface area contributed by atoms with Crippen LogP contribution in [-0.4, -0.2) is 0 Å². The number of benzene rings is 3. The second-order valence-corrected chi connectivity index (χ2v) is 10.1. The second-order valence-electron chi connectivity index (χ2n) is 7.39. The summed E-state index contributed by atoms with van der Waals surface area (Å²) >= 11 is 10.6. The lowest BCUT2D eigenvalue weighted by molar-refractivity contribution is 0.398. The third kappa shape index (κ3) is 3.60. The second kappa shape index (κ2) is 7.98. The van der Waals surface area contributed by atoms with E-state index in [0.29, 0.717) is 0 Å². The Kier molecular flexibility index (Phi) is 5.71.